The lowest BCUT2D eigenvalue weighted by atomic mass is 9.99. The molecule has 0 saturated carbocycles. The molecule has 2 amide bonds. The highest BCUT2D eigenvalue weighted by atomic mass is 16.5. The van der Waals surface area contributed by atoms with E-state index in [4.69, 9.17) is 4.74 Å². The maximum atomic E-state index is 12.2. The number of aromatic nitrogens is 1. The van der Waals surface area contributed by atoms with Gasteiger partial charge >= 0.3 is 0 Å². The Hall–Kier alpha value is -2.76. The number of carbonyl (C=O) groups is 2. The van der Waals surface area contributed by atoms with Crippen LogP contribution in [0.2, 0.25) is 0 Å². The number of rotatable bonds is 7. The Morgan fingerprint density at radius 3 is 2.40 bits per heavy atom. The van der Waals surface area contributed by atoms with E-state index in [2.05, 4.69) is 29.5 Å². The Bertz CT molecular complexity index is 723. The van der Waals surface area contributed by atoms with Crippen LogP contribution in [0, 0.1) is 5.92 Å². The fourth-order valence-electron chi connectivity index (χ4n) is 2.57. The highest BCUT2D eigenvalue weighted by Gasteiger charge is 2.24. The molecule has 1 aromatic heterocycles. The number of hydrogen-bond acceptors (Lipinski definition) is 3. The van der Waals surface area contributed by atoms with Gasteiger partial charge in [0.15, 0.2) is 5.75 Å². The van der Waals surface area contributed by atoms with Crippen molar-refractivity contribution in [3.05, 3.63) is 53.3 Å². The SMILES string of the molecule is CCNC(=O)c1cc(O[C@H](c2ccccc2)C(C)C)c(C(=O)NC)[nH]1. The highest BCUT2D eigenvalue weighted by Crippen LogP contribution is 2.31. The van der Waals surface area contributed by atoms with Gasteiger partial charge in [-0.05, 0) is 18.4 Å². The number of hydrogen-bond donors (Lipinski definition) is 3. The van der Waals surface area contributed by atoms with Crippen LogP contribution in [0.15, 0.2) is 36.4 Å². The molecule has 0 unspecified atom stereocenters. The van der Waals surface area contributed by atoms with Crippen LogP contribution in [0.25, 0.3) is 0 Å². The Morgan fingerprint density at radius 1 is 1.16 bits per heavy atom. The van der Waals surface area contributed by atoms with Crippen LogP contribution in [0.1, 0.15) is 53.4 Å². The predicted molar refractivity (Wildman–Crippen MR) is 96.8 cm³/mol. The van der Waals surface area contributed by atoms with Gasteiger partial charge in [-0.1, -0.05) is 44.2 Å². The summed E-state index contributed by atoms with van der Waals surface area (Å²) >= 11 is 0. The van der Waals surface area contributed by atoms with Crippen molar-refractivity contribution in [1.82, 2.24) is 15.6 Å². The van der Waals surface area contributed by atoms with Gasteiger partial charge in [-0.25, -0.2) is 0 Å². The molecule has 134 valence electrons. The molecule has 0 bridgehead atoms. The van der Waals surface area contributed by atoms with Crippen LogP contribution >= 0.6 is 0 Å². The van der Waals surface area contributed by atoms with Crippen molar-refractivity contribution in [2.24, 2.45) is 5.92 Å². The molecule has 1 atom stereocenters. The van der Waals surface area contributed by atoms with E-state index in [1.165, 1.54) is 7.05 Å². The monoisotopic (exact) mass is 343 g/mol. The molecule has 2 aromatic rings. The molecule has 0 radical (unpaired) electrons. The lowest BCUT2D eigenvalue weighted by Gasteiger charge is -2.23. The molecule has 0 aliphatic carbocycles. The summed E-state index contributed by atoms with van der Waals surface area (Å²) in [6.45, 7) is 6.44. The molecule has 0 spiro atoms. The van der Waals surface area contributed by atoms with Crippen molar-refractivity contribution in [1.29, 1.82) is 0 Å². The summed E-state index contributed by atoms with van der Waals surface area (Å²) in [5, 5.41) is 5.28. The summed E-state index contributed by atoms with van der Waals surface area (Å²) in [6, 6.07) is 11.4. The molecule has 0 aliphatic heterocycles. The standard InChI is InChI=1S/C19H25N3O3/c1-5-21-18(23)14-11-15(16(22-14)19(24)20-4)25-17(12(2)3)13-9-7-6-8-10-13/h6-12,17,22H,5H2,1-4H3,(H,20,24)(H,21,23)/t17-/m0/s1. The summed E-state index contributed by atoms with van der Waals surface area (Å²) in [5.74, 6) is -0.0599. The minimum absolute atomic E-state index is 0.183. The first-order valence-electron chi connectivity index (χ1n) is 8.42. The van der Waals surface area contributed by atoms with E-state index >= 15 is 0 Å². The summed E-state index contributed by atoms with van der Waals surface area (Å²) < 4.78 is 6.15. The zero-order chi connectivity index (χ0) is 18.4. The van der Waals surface area contributed by atoms with E-state index in [9.17, 15) is 9.59 Å². The summed E-state index contributed by atoms with van der Waals surface area (Å²) in [6.07, 6.45) is -0.234. The fourth-order valence-corrected chi connectivity index (χ4v) is 2.57. The van der Waals surface area contributed by atoms with E-state index in [0.29, 0.717) is 18.0 Å². The van der Waals surface area contributed by atoms with Gasteiger partial charge in [-0.2, -0.15) is 0 Å². The zero-order valence-electron chi connectivity index (χ0n) is 15.1. The molecule has 2 rings (SSSR count). The maximum absolute atomic E-state index is 12.2. The van der Waals surface area contributed by atoms with Gasteiger partial charge in [0.25, 0.3) is 11.8 Å². The Kier molecular flexibility index (Phi) is 6.22. The zero-order valence-corrected chi connectivity index (χ0v) is 15.1. The van der Waals surface area contributed by atoms with E-state index < -0.39 is 0 Å². The first-order chi connectivity index (χ1) is 12.0. The minimum atomic E-state index is -0.332. The van der Waals surface area contributed by atoms with E-state index in [-0.39, 0.29) is 29.5 Å². The topological polar surface area (TPSA) is 83.2 Å². The average molecular weight is 343 g/mol. The molecule has 6 nitrogen and oxygen atoms in total. The molecular formula is C19H25N3O3. The van der Waals surface area contributed by atoms with Crippen LogP contribution in [0.5, 0.6) is 5.75 Å². The second-order valence-electron chi connectivity index (χ2n) is 6.05. The minimum Gasteiger partial charge on any atom is -0.483 e. The van der Waals surface area contributed by atoms with Crippen LogP contribution < -0.4 is 15.4 Å². The van der Waals surface area contributed by atoms with Crippen LogP contribution in [-0.4, -0.2) is 30.4 Å². The number of benzene rings is 1. The summed E-state index contributed by atoms with van der Waals surface area (Å²) in [7, 11) is 1.54. The highest BCUT2D eigenvalue weighted by molar-refractivity contribution is 5.99. The molecule has 0 aliphatic rings. The number of carbonyl (C=O) groups excluding carboxylic acids is 2. The Labute approximate surface area is 148 Å². The smallest absolute Gasteiger partial charge is 0.271 e. The Balaban J connectivity index is 2.38. The number of nitrogens with one attached hydrogen (secondary N) is 3. The summed E-state index contributed by atoms with van der Waals surface area (Å²) in [5.41, 5.74) is 1.55. The number of H-pyrrole nitrogens is 1. The molecule has 3 N–H and O–H groups in total. The third-order valence-corrected chi connectivity index (χ3v) is 3.81. The maximum Gasteiger partial charge on any atom is 0.271 e. The van der Waals surface area contributed by atoms with Gasteiger partial charge in [-0.15, -0.1) is 0 Å². The Morgan fingerprint density at radius 2 is 1.84 bits per heavy atom. The summed E-state index contributed by atoms with van der Waals surface area (Å²) in [4.78, 5) is 27.1. The predicted octanol–water partition coefficient (Wildman–Crippen LogP) is 2.90. The van der Waals surface area contributed by atoms with Gasteiger partial charge in [0.05, 0.1) is 0 Å². The molecule has 0 fully saturated rings. The quantitative estimate of drug-likeness (QED) is 0.723. The number of amides is 2. The second kappa shape index (κ2) is 8.37. The lowest BCUT2D eigenvalue weighted by molar-refractivity contribution is 0.0945. The van der Waals surface area contributed by atoms with Crippen molar-refractivity contribution < 1.29 is 14.3 Å². The largest absolute Gasteiger partial charge is 0.483 e. The van der Waals surface area contributed by atoms with E-state index in [1.807, 2.05) is 37.3 Å². The van der Waals surface area contributed by atoms with Gasteiger partial charge in [0, 0.05) is 19.7 Å². The molecule has 25 heavy (non-hydrogen) atoms. The van der Waals surface area contributed by atoms with Crippen molar-refractivity contribution in [2.45, 2.75) is 26.9 Å². The van der Waals surface area contributed by atoms with Crippen LogP contribution in [0.4, 0.5) is 0 Å². The normalized spacial score (nSPS) is 11.9. The lowest BCUT2D eigenvalue weighted by Crippen LogP contribution is -2.24. The van der Waals surface area contributed by atoms with Crippen molar-refractivity contribution in [2.75, 3.05) is 13.6 Å². The number of aromatic amines is 1. The molecule has 1 aromatic carbocycles. The van der Waals surface area contributed by atoms with E-state index in [0.717, 1.165) is 5.56 Å². The third kappa shape index (κ3) is 4.41. The van der Waals surface area contributed by atoms with Crippen LogP contribution in [0.3, 0.4) is 0 Å². The van der Waals surface area contributed by atoms with Crippen LogP contribution in [-0.2, 0) is 0 Å². The first kappa shape index (κ1) is 18.6. The average Bonchev–Trinajstić information content (AvgIpc) is 3.04. The van der Waals surface area contributed by atoms with Crippen molar-refractivity contribution in [3.63, 3.8) is 0 Å². The second-order valence-corrected chi connectivity index (χ2v) is 6.05. The van der Waals surface area contributed by atoms with Gasteiger partial charge < -0.3 is 20.4 Å². The fraction of sp³-hybridized carbons (Fsp3) is 0.368. The third-order valence-electron chi connectivity index (χ3n) is 3.81. The van der Waals surface area contributed by atoms with Crippen molar-refractivity contribution >= 4 is 11.8 Å². The number of ether oxygens (including phenoxy) is 1. The van der Waals surface area contributed by atoms with Gasteiger partial charge in [-0.3, -0.25) is 9.59 Å². The first-order valence-corrected chi connectivity index (χ1v) is 8.42. The molecule has 0 saturated heterocycles. The van der Waals surface area contributed by atoms with Gasteiger partial charge in [0.1, 0.15) is 17.5 Å². The molecular weight excluding hydrogens is 318 g/mol. The molecule has 6 heteroatoms. The van der Waals surface area contributed by atoms with Gasteiger partial charge in [0.2, 0.25) is 0 Å². The van der Waals surface area contributed by atoms with E-state index in [1.54, 1.807) is 6.07 Å². The molecule has 1 heterocycles. The van der Waals surface area contributed by atoms with Crippen molar-refractivity contribution in [3.8, 4) is 5.75 Å².